The van der Waals surface area contributed by atoms with Crippen molar-refractivity contribution >= 4 is 17.5 Å². The Hall–Kier alpha value is -3.00. The molecule has 0 saturated carbocycles. The first-order valence-corrected chi connectivity index (χ1v) is 7.86. The summed E-state index contributed by atoms with van der Waals surface area (Å²) in [5.74, 6) is -2.92. The second kappa shape index (κ2) is 7.49. The maximum Gasteiger partial charge on any atom is 0.437 e. The van der Waals surface area contributed by atoms with Crippen LogP contribution in [0.25, 0.3) is 11.5 Å². The summed E-state index contributed by atoms with van der Waals surface area (Å²) in [4.78, 5) is 23.8. The first kappa shape index (κ1) is 17.8. The van der Waals surface area contributed by atoms with E-state index in [1.54, 1.807) is 30.3 Å². The maximum absolute atomic E-state index is 13.7. The molecule has 6 nitrogen and oxygen atoms in total. The highest BCUT2D eigenvalue weighted by molar-refractivity contribution is 6.31. The van der Waals surface area contributed by atoms with E-state index in [1.165, 1.54) is 0 Å². The molecule has 0 aliphatic carbocycles. The largest absolute Gasteiger partial charge is 0.437 e. The smallest absolute Gasteiger partial charge is 0.388 e. The van der Waals surface area contributed by atoms with Crippen molar-refractivity contribution in [3.63, 3.8) is 0 Å². The van der Waals surface area contributed by atoms with E-state index in [2.05, 4.69) is 10.4 Å². The standard InChI is InChI=1S/C17H12ClF2N3O3/c18-15-11(12(19)6-7-13(15)20)8-21-14(24)9-23-17(25)26-16(22-23)10-4-2-1-3-5-10/h1-7H,8-9H2,(H,21,24). The fourth-order valence-corrected chi connectivity index (χ4v) is 2.43. The molecule has 0 aliphatic heterocycles. The molecule has 0 spiro atoms. The van der Waals surface area contributed by atoms with Crippen LogP contribution in [0.5, 0.6) is 0 Å². The van der Waals surface area contributed by atoms with Crippen molar-refractivity contribution in [2.45, 2.75) is 13.1 Å². The van der Waals surface area contributed by atoms with Gasteiger partial charge in [-0.15, -0.1) is 5.10 Å². The normalized spacial score (nSPS) is 10.7. The molecule has 0 aliphatic rings. The minimum absolute atomic E-state index is 0.0719. The monoisotopic (exact) mass is 379 g/mol. The Kier molecular flexibility index (Phi) is 5.13. The highest BCUT2D eigenvalue weighted by Crippen LogP contribution is 2.22. The Balaban J connectivity index is 1.69. The first-order chi connectivity index (χ1) is 12.5. The number of hydrogen-bond acceptors (Lipinski definition) is 4. The third kappa shape index (κ3) is 3.80. The zero-order valence-electron chi connectivity index (χ0n) is 13.2. The Morgan fingerprint density at radius 2 is 1.85 bits per heavy atom. The van der Waals surface area contributed by atoms with Crippen LogP contribution in [0.4, 0.5) is 8.78 Å². The van der Waals surface area contributed by atoms with Crippen LogP contribution in [0.2, 0.25) is 5.02 Å². The third-order valence-corrected chi connectivity index (χ3v) is 3.93. The molecule has 1 amide bonds. The molecule has 9 heteroatoms. The van der Waals surface area contributed by atoms with Gasteiger partial charge in [0, 0.05) is 17.7 Å². The summed E-state index contributed by atoms with van der Waals surface area (Å²) in [6, 6.07) is 10.5. The van der Waals surface area contributed by atoms with Gasteiger partial charge >= 0.3 is 5.76 Å². The van der Waals surface area contributed by atoms with E-state index in [-0.39, 0.29) is 18.0 Å². The van der Waals surface area contributed by atoms with Gasteiger partial charge in [-0.25, -0.2) is 13.6 Å². The number of hydrogen-bond donors (Lipinski definition) is 1. The van der Waals surface area contributed by atoms with E-state index in [0.717, 1.165) is 16.8 Å². The van der Waals surface area contributed by atoms with Gasteiger partial charge in [0.1, 0.15) is 18.2 Å². The van der Waals surface area contributed by atoms with Gasteiger partial charge in [-0.2, -0.15) is 4.68 Å². The number of amides is 1. The van der Waals surface area contributed by atoms with Gasteiger partial charge < -0.3 is 9.73 Å². The van der Waals surface area contributed by atoms with Crippen molar-refractivity contribution in [2.75, 3.05) is 0 Å². The average molecular weight is 380 g/mol. The van der Waals surface area contributed by atoms with E-state index in [9.17, 15) is 18.4 Å². The van der Waals surface area contributed by atoms with Gasteiger partial charge in [0.25, 0.3) is 0 Å². The van der Waals surface area contributed by atoms with Gasteiger partial charge in [-0.3, -0.25) is 4.79 Å². The lowest BCUT2D eigenvalue weighted by Crippen LogP contribution is -2.31. The quantitative estimate of drug-likeness (QED) is 0.691. The second-order valence-corrected chi connectivity index (χ2v) is 5.67. The Labute approximate surface area is 151 Å². The number of carbonyl (C=O) groups excluding carboxylic acids is 1. The molecular formula is C17H12ClF2N3O3. The van der Waals surface area contributed by atoms with Gasteiger partial charge in [-0.1, -0.05) is 29.8 Å². The van der Waals surface area contributed by atoms with Crippen LogP contribution in [-0.4, -0.2) is 15.7 Å². The third-order valence-electron chi connectivity index (χ3n) is 3.52. The molecular weight excluding hydrogens is 368 g/mol. The molecule has 3 aromatic rings. The van der Waals surface area contributed by atoms with Crippen molar-refractivity contribution in [2.24, 2.45) is 0 Å². The molecule has 1 heterocycles. The minimum atomic E-state index is -0.811. The summed E-state index contributed by atoms with van der Waals surface area (Å²) in [5, 5.41) is 5.89. The highest BCUT2D eigenvalue weighted by atomic mass is 35.5. The molecule has 26 heavy (non-hydrogen) atoms. The van der Waals surface area contributed by atoms with Crippen LogP contribution in [0, 0.1) is 11.6 Å². The number of halogens is 3. The molecule has 134 valence electrons. The van der Waals surface area contributed by atoms with Gasteiger partial charge in [0.2, 0.25) is 11.8 Å². The molecule has 0 atom stereocenters. The van der Waals surface area contributed by atoms with Gasteiger partial charge in [0.05, 0.1) is 5.02 Å². The predicted molar refractivity (Wildman–Crippen MR) is 89.4 cm³/mol. The molecule has 2 aromatic carbocycles. The van der Waals surface area contributed by atoms with Crippen molar-refractivity contribution in [1.29, 1.82) is 0 Å². The van der Waals surface area contributed by atoms with E-state index in [0.29, 0.717) is 5.56 Å². The van der Waals surface area contributed by atoms with E-state index >= 15 is 0 Å². The zero-order chi connectivity index (χ0) is 18.7. The molecule has 0 unspecified atom stereocenters. The first-order valence-electron chi connectivity index (χ1n) is 7.48. The van der Waals surface area contributed by atoms with Crippen LogP contribution in [-0.2, 0) is 17.9 Å². The number of carbonyl (C=O) groups is 1. The minimum Gasteiger partial charge on any atom is -0.388 e. The summed E-state index contributed by atoms with van der Waals surface area (Å²) < 4.78 is 32.9. The maximum atomic E-state index is 13.7. The fourth-order valence-electron chi connectivity index (χ4n) is 2.21. The molecule has 0 bridgehead atoms. The molecule has 0 radical (unpaired) electrons. The summed E-state index contributed by atoms with van der Waals surface area (Å²) in [6.45, 7) is -0.775. The summed E-state index contributed by atoms with van der Waals surface area (Å²) >= 11 is 5.69. The Bertz CT molecular complexity index is 1000. The van der Waals surface area contributed by atoms with Crippen LogP contribution >= 0.6 is 11.6 Å². The summed E-state index contributed by atoms with van der Waals surface area (Å²) in [7, 11) is 0. The molecule has 0 saturated heterocycles. The molecule has 0 fully saturated rings. The lowest BCUT2D eigenvalue weighted by Gasteiger charge is -2.08. The summed E-state index contributed by atoms with van der Waals surface area (Å²) in [6.07, 6.45) is 0. The van der Waals surface area contributed by atoms with E-state index in [4.69, 9.17) is 16.0 Å². The van der Waals surface area contributed by atoms with Crippen molar-refractivity contribution in [3.05, 3.63) is 75.2 Å². The molecule has 1 aromatic heterocycles. The average Bonchev–Trinajstić information content (AvgIpc) is 3.00. The van der Waals surface area contributed by atoms with E-state index < -0.39 is 34.9 Å². The number of nitrogens with zero attached hydrogens (tertiary/aromatic N) is 2. The molecule has 1 N–H and O–H groups in total. The van der Waals surface area contributed by atoms with Crippen molar-refractivity contribution in [1.82, 2.24) is 15.1 Å². The lowest BCUT2D eigenvalue weighted by molar-refractivity contribution is -0.122. The number of nitrogens with one attached hydrogen (secondary N) is 1. The van der Waals surface area contributed by atoms with Crippen LogP contribution < -0.4 is 11.1 Å². The number of rotatable bonds is 5. The van der Waals surface area contributed by atoms with E-state index in [1.807, 2.05) is 0 Å². The Morgan fingerprint density at radius 1 is 1.15 bits per heavy atom. The predicted octanol–water partition coefficient (Wildman–Crippen LogP) is 2.75. The fraction of sp³-hybridized carbons (Fsp3) is 0.118. The SMILES string of the molecule is O=C(Cn1nc(-c2ccccc2)oc1=O)NCc1c(F)ccc(F)c1Cl. The second-order valence-electron chi connectivity index (χ2n) is 5.30. The van der Waals surface area contributed by atoms with Crippen molar-refractivity contribution in [3.8, 4) is 11.5 Å². The van der Waals surface area contributed by atoms with Crippen molar-refractivity contribution < 1.29 is 18.0 Å². The van der Waals surface area contributed by atoms with Crippen LogP contribution in [0.3, 0.4) is 0 Å². The molecule has 3 rings (SSSR count). The topological polar surface area (TPSA) is 77.1 Å². The van der Waals surface area contributed by atoms with Gasteiger partial charge in [-0.05, 0) is 24.3 Å². The summed E-state index contributed by atoms with van der Waals surface area (Å²) in [5.41, 5.74) is 0.398. The zero-order valence-corrected chi connectivity index (χ0v) is 14.0. The Morgan fingerprint density at radius 3 is 2.58 bits per heavy atom. The van der Waals surface area contributed by atoms with Crippen LogP contribution in [0.15, 0.2) is 51.7 Å². The van der Waals surface area contributed by atoms with Gasteiger partial charge in [0.15, 0.2) is 0 Å². The highest BCUT2D eigenvalue weighted by Gasteiger charge is 2.15. The van der Waals surface area contributed by atoms with Crippen LogP contribution in [0.1, 0.15) is 5.56 Å². The number of benzene rings is 2. The lowest BCUT2D eigenvalue weighted by atomic mass is 10.2. The number of aromatic nitrogens is 2.